The number of hydrogen-bond donors (Lipinski definition) is 11. The van der Waals surface area contributed by atoms with Crippen LogP contribution in [-0.2, 0) is 60.6 Å². The van der Waals surface area contributed by atoms with Crippen LogP contribution >= 0.6 is 0 Å². The molecule has 0 aromatic heterocycles. The Morgan fingerprint density at radius 1 is 0.609 bits per heavy atom. The predicted molar refractivity (Wildman–Crippen MR) is 234 cm³/mol. The van der Waals surface area contributed by atoms with Crippen molar-refractivity contribution in [2.45, 2.75) is 142 Å². The average molecular weight is 972 g/mol. The number of aliphatic hydroxyl groups excluding tert-OH is 6. The lowest BCUT2D eigenvalue weighted by Crippen LogP contribution is -2.69. The standard InChI is InChI=1S/C46H61N5O18/c47-25-16-26(51-46(59)62-20-23-12-6-2-7-13-23)37(66-43-31(49)35(56)39-29(65-43)21-60-41(67-39)24-14-8-3-9-15-24)40(32(25)53)69-44-36(57)38(28(18-52)64-44)68-42-30(48)34(55)33(54)27(63-42)17-50-45(58)61-19-22-10-4-1-5-11-22/h1-15,25-44,52-57H,16-21,47-49H2,(H,50,58)(H,51,59)/t25-,26+,27+,28-,29-,30-,31-,32+,33-,34-,35-,36-,37-,38-,39-,40-,41?,42-,43-,44+/m1/s1. The highest BCUT2D eigenvalue weighted by atomic mass is 16.8. The van der Waals surface area contributed by atoms with Crippen LogP contribution in [0.25, 0.3) is 0 Å². The number of benzene rings is 3. The second-order valence-corrected chi connectivity index (χ2v) is 17.6. The number of nitrogens with one attached hydrogen (secondary N) is 2. The molecule has 1 aliphatic carbocycles. The van der Waals surface area contributed by atoms with Gasteiger partial charge in [0.2, 0.25) is 0 Å². The van der Waals surface area contributed by atoms with Crippen molar-refractivity contribution in [1.82, 2.24) is 10.6 Å². The van der Waals surface area contributed by atoms with Crippen molar-refractivity contribution >= 4 is 12.2 Å². The minimum absolute atomic E-state index is 0.0333. The summed E-state index contributed by atoms with van der Waals surface area (Å²) in [6.45, 7) is -1.27. The Bertz CT molecular complexity index is 2090. The molecule has 378 valence electrons. The van der Waals surface area contributed by atoms with E-state index in [1.54, 1.807) is 48.5 Å². The Kier molecular flexibility index (Phi) is 17.1. The van der Waals surface area contributed by atoms with Crippen LogP contribution in [-0.4, -0.2) is 179 Å². The van der Waals surface area contributed by atoms with E-state index in [1.165, 1.54) is 0 Å². The van der Waals surface area contributed by atoms with Crippen LogP contribution in [0.2, 0.25) is 0 Å². The lowest BCUT2D eigenvalue weighted by molar-refractivity contribution is -0.356. The molecule has 1 saturated carbocycles. The third-order valence-corrected chi connectivity index (χ3v) is 12.8. The third kappa shape index (κ3) is 12.0. The Balaban J connectivity index is 0.964. The summed E-state index contributed by atoms with van der Waals surface area (Å²) in [7, 11) is 0. The molecule has 2 amide bonds. The number of carbonyl (C=O) groups excluding carboxylic acids is 2. The molecule has 3 aromatic carbocycles. The highest BCUT2D eigenvalue weighted by Gasteiger charge is 2.56. The molecule has 3 aromatic rings. The molecule has 23 nitrogen and oxygen atoms in total. The van der Waals surface area contributed by atoms with E-state index in [2.05, 4.69) is 10.6 Å². The van der Waals surface area contributed by atoms with Gasteiger partial charge in [-0.1, -0.05) is 91.0 Å². The maximum absolute atomic E-state index is 13.4. The second kappa shape index (κ2) is 23.2. The number of hydrogen-bond acceptors (Lipinski definition) is 21. The van der Waals surface area contributed by atoms with E-state index in [4.69, 9.17) is 64.6 Å². The first-order chi connectivity index (χ1) is 33.3. The van der Waals surface area contributed by atoms with Crippen molar-refractivity contribution in [3.05, 3.63) is 108 Å². The van der Waals surface area contributed by atoms with Crippen molar-refractivity contribution in [3.63, 3.8) is 0 Å². The van der Waals surface area contributed by atoms with Gasteiger partial charge in [0.25, 0.3) is 0 Å². The zero-order valence-electron chi connectivity index (χ0n) is 37.3. The largest absolute Gasteiger partial charge is 0.445 e. The van der Waals surface area contributed by atoms with Gasteiger partial charge in [0.1, 0.15) is 80.4 Å². The summed E-state index contributed by atoms with van der Waals surface area (Å²) in [6.07, 6.45) is -24.1. The van der Waals surface area contributed by atoms with Gasteiger partial charge in [-0.15, -0.1) is 0 Å². The monoisotopic (exact) mass is 971 g/mol. The summed E-state index contributed by atoms with van der Waals surface area (Å²) in [4.78, 5) is 25.9. The molecule has 0 radical (unpaired) electrons. The summed E-state index contributed by atoms with van der Waals surface area (Å²) >= 11 is 0. The third-order valence-electron chi connectivity index (χ3n) is 12.8. The molecule has 69 heavy (non-hydrogen) atoms. The van der Waals surface area contributed by atoms with Gasteiger partial charge >= 0.3 is 12.2 Å². The van der Waals surface area contributed by atoms with E-state index in [0.717, 1.165) is 5.56 Å². The van der Waals surface area contributed by atoms with E-state index in [0.29, 0.717) is 11.1 Å². The molecule has 5 fully saturated rings. The molecular weight excluding hydrogens is 911 g/mol. The first-order valence-corrected chi connectivity index (χ1v) is 22.7. The van der Waals surface area contributed by atoms with Crippen molar-refractivity contribution in [1.29, 1.82) is 0 Å². The van der Waals surface area contributed by atoms with E-state index in [9.17, 15) is 40.2 Å². The van der Waals surface area contributed by atoms with E-state index in [1.807, 2.05) is 42.5 Å². The normalized spacial score (nSPS) is 38.9. The van der Waals surface area contributed by atoms with Gasteiger partial charge < -0.3 is 106 Å². The molecule has 14 N–H and O–H groups in total. The summed E-state index contributed by atoms with van der Waals surface area (Å²) in [6, 6.07) is 22.1. The highest BCUT2D eigenvalue weighted by Crippen LogP contribution is 2.38. The molecule has 4 saturated heterocycles. The number of alkyl carbamates (subject to hydrolysis) is 2. The molecule has 23 heteroatoms. The van der Waals surface area contributed by atoms with E-state index < -0.39 is 141 Å². The molecular formula is C46H61N5O18. The van der Waals surface area contributed by atoms with Gasteiger partial charge in [-0.3, -0.25) is 0 Å². The molecule has 5 aliphatic rings. The van der Waals surface area contributed by atoms with Gasteiger partial charge in [0.15, 0.2) is 25.2 Å². The highest BCUT2D eigenvalue weighted by molar-refractivity contribution is 5.68. The summed E-state index contributed by atoms with van der Waals surface area (Å²) < 4.78 is 59.7. The van der Waals surface area contributed by atoms with Gasteiger partial charge in [0.05, 0.1) is 37.4 Å². The van der Waals surface area contributed by atoms with Crippen molar-refractivity contribution < 1.29 is 87.6 Å². The van der Waals surface area contributed by atoms with Gasteiger partial charge in [-0.2, -0.15) is 0 Å². The lowest BCUT2D eigenvalue weighted by Gasteiger charge is -2.50. The Morgan fingerprint density at radius 2 is 1.17 bits per heavy atom. The topological polar surface area (TPSA) is 350 Å². The van der Waals surface area contributed by atoms with Crippen LogP contribution in [0.1, 0.15) is 29.4 Å². The first-order valence-electron chi connectivity index (χ1n) is 22.7. The zero-order valence-corrected chi connectivity index (χ0v) is 37.3. The first kappa shape index (κ1) is 50.9. The fourth-order valence-corrected chi connectivity index (χ4v) is 8.93. The smallest absolute Gasteiger partial charge is 0.407 e. The molecule has 0 spiro atoms. The van der Waals surface area contributed by atoms with E-state index in [-0.39, 0.29) is 32.8 Å². The Morgan fingerprint density at radius 3 is 1.83 bits per heavy atom. The van der Waals surface area contributed by atoms with Crippen LogP contribution in [0.4, 0.5) is 9.59 Å². The number of aliphatic hydroxyl groups is 6. The number of carbonyl (C=O) groups is 2. The number of rotatable bonds is 15. The minimum atomic E-state index is -1.77. The average Bonchev–Trinajstić information content (AvgIpc) is 3.67. The zero-order chi connectivity index (χ0) is 48.8. The van der Waals surface area contributed by atoms with Crippen molar-refractivity contribution in [3.8, 4) is 0 Å². The molecule has 8 rings (SSSR count). The van der Waals surface area contributed by atoms with Crippen molar-refractivity contribution in [2.24, 2.45) is 17.2 Å². The summed E-state index contributed by atoms with van der Waals surface area (Å²) in [5.41, 5.74) is 21.4. The Labute approximate surface area is 396 Å². The second-order valence-electron chi connectivity index (χ2n) is 17.6. The summed E-state index contributed by atoms with van der Waals surface area (Å²) in [5, 5.41) is 72.4. The number of amides is 2. The van der Waals surface area contributed by atoms with Gasteiger partial charge in [-0.25, -0.2) is 9.59 Å². The molecule has 4 heterocycles. The molecule has 4 aliphatic heterocycles. The number of fused-ring (bicyclic) bond motifs is 1. The molecule has 0 bridgehead atoms. The Hall–Kier alpha value is -4.48. The SMILES string of the molecule is N[C@H]1[C@@H](O[C@H]2[C@@H](O)[C@H](O[C@@H]3[C@@H](O)[C@H](N)C[C@H](NC(=O)OCc4ccccc4)[C@H]3O[C@H]3O[C@@H]4COC(c5ccccc5)O[C@H]4[C@H](O)[C@H]3N)O[C@@H]2CO)O[C@@H](CNC(=O)OCc2ccccc2)[C@@H](O)[C@@H]1O. The fourth-order valence-electron chi connectivity index (χ4n) is 8.93. The van der Waals surface area contributed by atoms with Crippen LogP contribution in [0.5, 0.6) is 0 Å². The van der Waals surface area contributed by atoms with Crippen LogP contribution in [0.15, 0.2) is 91.0 Å². The van der Waals surface area contributed by atoms with Crippen molar-refractivity contribution in [2.75, 3.05) is 19.8 Å². The fraction of sp³-hybridized carbons (Fsp3) is 0.565. The predicted octanol–water partition coefficient (Wildman–Crippen LogP) is -2.17. The lowest BCUT2D eigenvalue weighted by atomic mass is 9.83. The van der Waals surface area contributed by atoms with Crippen LogP contribution in [0, 0.1) is 0 Å². The van der Waals surface area contributed by atoms with E-state index >= 15 is 0 Å². The maximum Gasteiger partial charge on any atom is 0.407 e. The number of ether oxygens (including phenoxy) is 10. The maximum atomic E-state index is 13.4. The minimum Gasteiger partial charge on any atom is -0.445 e. The summed E-state index contributed by atoms with van der Waals surface area (Å²) in [5.74, 6) is 0. The molecule has 1 unspecified atom stereocenters. The van der Waals surface area contributed by atoms with Crippen LogP contribution in [0.3, 0.4) is 0 Å². The van der Waals surface area contributed by atoms with Crippen LogP contribution < -0.4 is 27.8 Å². The molecule has 20 atom stereocenters. The number of nitrogens with two attached hydrogens (primary N) is 3. The van der Waals surface area contributed by atoms with Gasteiger partial charge in [-0.05, 0) is 17.5 Å². The quantitative estimate of drug-likeness (QED) is 0.0772. The van der Waals surface area contributed by atoms with Gasteiger partial charge in [0, 0.05) is 18.2 Å².